The van der Waals surface area contributed by atoms with Crippen LogP contribution in [0.3, 0.4) is 0 Å². The molecule has 1 aromatic carbocycles. The van der Waals surface area contributed by atoms with Gasteiger partial charge in [0.05, 0.1) is 13.7 Å². The van der Waals surface area contributed by atoms with Crippen LogP contribution in [0.5, 0.6) is 5.75 Å². The Balaban J connectivity index is 1.83. The van der Waals surface area contributed by atoms with Crippen molar-refractivity contribution in [2.24, 2.45) is 0 Å². The Kier molecular flexibility index (Phi) is 5.86. The number of esters is 1. The average molecular weight is 342 g/mol. The molecule has 1 aliphatic carbocycles. The first-order chi connectivity index (χ1) is 9.69. The van der Waals surface area contributed by atoms with E-state index in [-0.39, 0.29) is 5.97 Å². The summed E-state index contributed by atoms with van der Waals surface area (Å²) in [6.45, 7) is 1.34. The van der Waals surface area contributed by atoms with Gasteiger partial charge in [-0.05, 0) is 37.5 Å². The normalized spacial score (nSPS) is 14.1. The fourth-order valence-electron chi connectivity index (χ4n) is 1.87. The lowest BCUT2D eigenvalue weighted by Crippen LogP contribution is -2.16. The van der Waals surface area contributed by atoms with Crippen LogP contribution in [0.2, 0.25) is 0 Å². The lowest BCUT2D eigenvalue weighted by Gasteiger charge is -2.12. The van der Waals surface area contributed by atoms with E-state index in [1.807, 2.05) is 12.1 Å². The molecule has 0 heterocycles. The van der Waals surface area contributed by atoms with Gasteiger partial charge in [-0.1, -0.05) is 15.9 Å². The summed E-state index contributed by atoms with van der Waals surface area (Å²) < 4.78 is 11.4. The summed E-state index contributed by atoms with van der Waals surface area (Å²) in [5, 5.41) is 3.48. The van der Waals surface area contributed by atoms with E-state index >= 15 is 0 Å². The minimum atomic E-state index is -0.194. The number of halogens is 1. The van der Waals surface area contributed by atoms with Crippen molar-refractivity contribution in [2.75, 3.05) is 13.7 Å². The summed E-state index contributed by atoms with van der Waals surface area (Å²) in [6.07, 6.45) is 3.59. The highest BCUT2D eigenvalue weighted by Gasteiger charge is 2.20. The van der Waals surface area contributed by atoms with Crippen LogP contribution in [0.1, 0.15) is 31.2 Å². The summed E-state index contributed by atoms with van der Waals surface area (Å²) >= 11 is 3.48. The van der Waals surface area contributed by atoms with Gasteiger partial charge < -0.3 is 14.8 Å². The quantitative estimate of drug-likeness (QED) is 0.583. The lowest BCUT2D eigenvalue weighted by molar-refractivity contribution is -0.140. The van der Waals surface area contributed by atoms with Crippen LogP contribution in [-0.4, -0.2) is 25.7 Å². The smallest absolute Gasteiger partial charge is 0.305 e. The number of carbonyl (C=O) groups is 1. The monoisotopic (exact) mass is 341 g/mol. The van der Waals surface area contributed by atoms with Gasteiger partial charge in [-0.3, -0.25) is 4.79 Å². The maximum atomic E-state index is 11.0. The van der Waals surface area contributed by atoms with Gasteiger partial charge in [0.25, 0.3) is 0 Å². The summed E-state index contributed by atoms with van der Waals surface area (Å²) in [5.41, 5.74) is 1.14. The number of ether oxygens (including phenoxy) is 2. The Bertz CT molecular complexity index is 460. The zero-order chi connectivity index (χ0) is 14.4. The summed E-state index contributed by atoms with van der Waals surface area (Å²) in [6, 6.07) is 6.68. The van der Waals surface area contributed by atoms with E-state index in [4.69, 9.17) is 4.74 Å². The molecule has 2 rings (SSSR count). The van der Waals surface area contributed by atoms with E-state index in [0.717, 1.165) is 22.3 Å². The molecule has 4 nitrogen and oxygen atoms in total. The Labute approximate surface area is 128 Å². The van der Waals surface area contributed by atoms with Crippen LogP contribution >= 0.6 is 15.9 Å². The molecule has 0 saturated heterocycles. The van der Waals surface area contributed by atoms with Crippen molar-refractivity contribution in [3.05, 3.63) is 28.2 Å². The van der Waals surface area contributed by atoms with Crippen molar-refractivity contribution in [3.63, 3.8) is 0 Å². The van der Waals surface area contributed by atoms with Gasteiger partial charge in [0.1, 0.15) is 5.75 Å². The van der Waals surface area contributed by atoms with Crippen LogP contribution in [-0.2, 0) is 16.1 Å². The third kappa shape index (κ3) is 5.13. The van der Waals surface area contributed by atoms with E-state index in [9.17, 15) is 4.79 Å². The van der Waals surface area contributed by atoms with Gasteiger partial charge in [-0.15, -0.1) is 0 Å². The molecule has 1 aromatic rings. The molecule has 0 radical (unpaired) electrons. The van der Waals surface area contributed by atoms with Crippen molar-refractivity contribution < 1.29 is 14.3 Å². The molecular formula is C15H20BrNO3. The molecule has 0 spiro atoms. The average Bonchev–Trinajstić information content (AvgIpc) is 3.26. The maximum absolute atomic E-state index is 11.0. The fourth-order valence-corrected chi connectivity index (χ4v) is 2.28. The van der Waals surface area contributed by atoms with Gasteiger partial charge in [-0.2, -0.15) is 0 Å². The third-order valence-corrected chi connectivity index (χ3v) is 3.68. The van der Waals surface area contributed by atoms with Gasteiger partial charge in [0, 0.05) is 29.0 Å². The summed E-state index contributed by atoms with van der Waals surface area (Å²) in [7, 11) is 1.40. The molecule has 0 bridgehead atoms. The first-order valence-electron chi connectivity index (χ1n) is 6.90. The molecule has 110 valence electrons. The highest BCUT2D eigenvalue weighted by atomic mass is 79.9. The van der Waals surface area contributed by atoms with E-state index in [0.29, 0.717) is 25.5 Å². The molecular weight excluding hydrogens is 322 g/mol. The maximum Gasteiger partial charge on any atom is 0.305 e. The highest BCUT2D eigenvalue weighted by Crippen LogP contribution is 2.25. The predicted molar refractivity (Wildman–Crippen MR) is 80.7 cm³/mol. The van der Waals surface area contributed by atoms with E-state index in [1.54, 1.807) is 0 Å². The number of methoxy groups -OCH3 is 1. The Morgan fingerprint density at radius 2 is 2.25 bits per heavy atom. The fraction of sp³-hybridized carbons (Fsp3) is 0.533. The number of hydrogen-bond donors (Lipinski definition) is 1. The molecule has 0 amide bonds. The number of carbonyl (C=O) groups excluding carboxylic acids is 1. The van der Waals surface area contributed by atoms with Gasteiger partial charge in [0.2, 0.25) is 0 Å². The van der Waals surface area contributed by atoms with E-state index in [2.05, 4.69) is 32.0 Å². The molecule has 0 aromatic heterocycles. The summed E-state index contributed by atoms with van der Waals surface area (Å²) in [5.74, 6) is 0.686. The molecule has 1 N–H and O–H groups in total. The Morgan fingerprint density at radius 3 is 2.95 bits per heavy atom. The van der Waals surface area contributed by atoms with Gasteiger partial charge >= 0.3 is 5.97 Å². The van der Waals surface area contributed by atoms with E-state index < -0.39 is 0 Å². The van der Waals surface area contributed by atoms with Crippen LogP contribution in [0.15, 0.2) is 22.7 Å². The number of hydrogen-bond acceptors (Lipinski definition) is 4. The highest BCUT2D eigenvalue weighted by molar-refractivity contribution is 9.10. The number of rotatable bonds is 8. The molecule has 0 unspecified atom stereocenters. The van der Waals surface area contributed by atoms with Crippen LogP contribution in [0.25, 0.3) is 0 Å². The first-order valence-corrected chi connectivity index (χ1v) is 7.70. The Morgan fingerprint density at radius 1 is 1.45 bits per heavy atom. The molecule has 1 fully saturated rings. The second kappa shape index (κ2) is 7.64. The third-order valence-electron chi connectivity index (χ3n) is 3.19. The molecule has 0 atom stereocenters. The minimum absolute atomic E-state index is 0.194. The second-order valence-electron chi connectivity index (χ2n) is 4.94. The second-order valence-corrected chi connectivity index (χ2v) is 5.85. The largest absolute Gasteiger partial charge is 0.493 e. The molecule has 5 heteroatoms. The van der Waals surface area contributed by atoms with Crippen LogP contribution < -0.4 is 10.1 Å². The van der Waals surface area contributed by atoms with Gasteiger partial charge in [0.15, 0.2) is 0 Å². The Hall–Kier alpha value is -1.07. The van der Waals surface area contributed by atoms with Crippen molar-refractivity contribution >= 4 is 21.9 Å². The van der Waals surface area contributed by atoms with Crippen molar-refractivity contribution in [2.45, 2.75) is 38.3 Å². The predicted octanol–water partition coefficient (Wildman–Crippen LogP) is 3.03. The van der Waals surface area contributed by atoms with Crippen molar-refractivity contribution in [1.29, 1.82) is 0 Å². The van der Waals surface area contributed by atoms with Crippen molar-refractivity contribution in [3.8, 4) is 5.75 Å². The minimum Gasteiger partial charge on any atom is -0.493 e. The first kappa shape index (κ1) is 15.3. The topological polar surface area (TPSA) is 47.6 Å². The summed E-state index contributed by atoms with van der Waals surface area (Å²) in [4.78, 5) is 11.0. The molecule has 20 heavy (non-hydrogen) atoms. The molecule has 0 aliphatic heterocycles. The SMILES string of the molecule is COC(=O)CCCOc1ccc(Br)cc1CNC1CC1. The number of nitrogens with one attached hydrogen (secondary N) is 1. The standard InChI is InChI=1S/C15H20BrNO3/c1-19-15(18)3-2-8-20-14-7-4-12(16)9-11(14)10-17-13-5-6-13/h4,7,9,13,17H,2-3,5-6,8,10H2,1H3. The molecule has 1 saturated carbocycles. The molecule has 1 aliphatic rings. The van der Waals surface area contributed by atoms with Crippen molar-refractivity contribution in [1.82, 2.24) is 5.32 Å². The van der Waals surface area contributed by atoms with E-state index in [1.165, 1.54) is 20.0 Å². The van der Waals surface area contributed by atoms with Gasteiger partial charge in [-0.25, -0.2) is 0 Å². The zero-order valence-corrected chi connectivity index (χ0v) is 13.2. The number of benzene rings is 1. The van der Waals surface area contributed by atoms with Crippen LogP contribution in [0.4, 0.5) is 0 Å². The lowest BCUT2D eigenvalue weighted by atomic mass is 10.2. The zero-order valence-electron chi connectivity index (χ0n) is 11.7. The van der Waals surface area contributed by atoms with Crippen LogP contribution in [0, 0.1) is 0 Å².